The van der Waals surface area contributed by atoms with Gasteiger partial charge in [-0.3, -0.25) is 14.0 Å². The molecule has 3 aromatic heterocycles. The lowest BCUT2D eigenvalue weighted by molar-refractivity contribution is 0.0460. The maximum atomic E-state index is 12.6. The van der Waals surface area contributed by atoms with Gasteiger partial charge in [0.25, 0.3) is 11.1 Å². The van der Waals surface area contributed by atoms with Gasteiger partial charge in [-0.15, -0.1) is 0 Å². The third kappa shape index (κ3) is 2.94. The molecule has 0 N–H and O–H groups in total. The van der Waals surface area contributed by atoms with Crippen molar-refractivity contribution in [2.24, 2.45) is 7.05 Å². The van der Waals surface area contributed by atoms with Crippen molar-refractivity contribution in [3.05, 3.63) is 86.3 Å². The molecule has 0 spiro atoms. The van der Waals surface area contributed by atoms with Crippen LogP contribution in [0.1, 0.15) is 21.9 Å². The zero-order valence-electron chi connectivity index (χ0n) is 15.2. The Morgan fingerprint density at radius 1 is 1.07 bits per heavy atom. The lowest BCUT2D eigenvalue weighted by Gasteiger charge is -2.09. The van der Waals surface area contributed by atoms with Gasteiger partial charge in [-0.05, 0) is 25.1 Å². The van der Waals surface area contributed by atoms with E-state index in [4.69, 9.17) is 4.74 Å². The van der Waals surface area contributed by atoms with Crippen LogP contribution in [0.15, 0.2) is 58.1 Å². The minimum Gasteiger partial charge on any atom is -0.454 e. The van der Waals surface area contributed by atoms with Gasteiger partial charge in [0.1, 0.15) is 12.3 Å². The van der Waals surface area contributed by atoms with E-state index < -0.39 is 5.97 Å². The number of nitrogens with zero attached hydrogens (tertiary/aromatic N) is 4. The summed E-state index contributed by atoms with van der Waals surface area (Å²) in [5.74, 6) is -0.696. The quantitative estimate of drug-likeness (QED) is 0.504. The number of ether oxygens (including phenoxy) is 1. The number of pyridine rings is 1. The van der Waals surface area contributed by atoms with Gasteiger partial charge in [-0.25, -0.2) is 14.5 Å². The number of esters is 1. The van der Waals surface area contributed by atoms with Gasteiger partial charge in [0.05, 0.1) is 11.1 Å². The van der Waals surface area contributed by atoms with Crippen molar-refractivity contribution in [1.82, 2.24) is 19.2 Å². The molecule has 28 heavy (non-hydrogen) atoms. The topological polar surface area (TPSA) is 95.6 Å². The van der Waals surface area contributed by atoms with Crippen LogP contribution < -0.4 is 11.1 Å². The van der Waals surface area contributed by atoms with Gasteiger partial charge >= 0.3 is 5.97 Å². The van der Waals surface area contributed by atoms with Crippen LogP contribution in [-0.4, -0.2) is 25.1 Å². The summed E-state index contributed by atoms with van der Waals surface area (Å²) in [6.45, 7) is 1.63. The Labute approximate surface area is 158 Å². The van der Waals surface area contributed by atoms with E-state index in [9.17, 15) is 14.4 Å². The Morgan fingerprint density at radius 3 is 2.61 bits per heavy atom. The van der Waals surface area contributed by atoms with Crippen LogP contribution in [0.2, 0.25) is 0 Å². The third-order valence-electron chi connectivity index (χ3n) is 4.43. The van der Waals surface area contributed by atoms with Gasteiger partial charge in [-0.1, -0.05) is 24.3 Å². The van der Waals surface area contributed by atoms with E-state index in [2.05, 4.69) is 10.1 Å². The molecule has 1 aromatic carbocycles. The molecular formula is C20H16N4O4. The van der Waals surface area contributed by atoms with E-state index in [0.717, 1.165) is 10.4 Å². The molecule has 0 radical (unpaired) electrons. The molecule has 4 rings (SSSR count). The molecule has 0 aliphatic heterocycles. The molecule has 0 bridgehead atoms. The molecule has 140 valence electrons. The zero-order chi connectivity index (χ0) is 19.8. The molecule has 3 heterocycles. The first-order chi connectivity index (χ1) is 13.5. The Balaban J connectivity index is 1.67. The fraction of sp³-hybridized carbons (Fsp3) is 0.150. The first-order valence-electron chi connectivity index (χ1n) is 8.57. The second-order valence-corrected chi connectivity index (χ2v) is 6.35. The molecule has 0 aliphatic rings. The Hall–Kier alpha value is -3.81. The summed E-state index contributed by atoms with van der Waals surface area (Å²) < 4.78 is 7.90. The zero-order valence-corrected chi connectivity index (χ0v) is 15.2. The summed E-state index contributed by atoms with van der Waals surface area (Å²) in [6.07, 6.45) is 0. The Kier molecular flexibility index (Phi) is 4.23. The van der Waals surface area contributed by atoms with E-state index in [0.29, 0.717) is 22.1 Å². The van der Waals surface area contributed by atoms with Gasteiger partial charge in [0.2, 0.25) is 0 Å². The molecule has 0 saturated heterocycles. The second kappa shape index (κ2) is 6.73. The van der Waals surface area contributed by atoms with Crippen LogP contribution in [-0.2, 0) is 18.4 Å². The van der Waals surface area contributed by atoms with Crippen molar-refractivity contribution in [3.63, 3.8) is 0 Å². The smallest absolute Gasteiger partial charge is 0.359 e. The molecule has 4 aromatic rings. The number of carbonyl (C=O) groups excluding carboxylic acids is 1. The molecule has 0 saturated carbocycles. The largest absolute Gasteiger partial charge is 0.454 e. The molecule has 0 aliphatic carbocycles. The van der Waals surface area contributed by atoms with Crippen LogP contribution in [0.4, 0.5) is 0 Å². The van der Waals surface area contributed by atoms with E-state index in [1.165, 1.54) is 17.5 Å². The number of fused-ring (bicyclic) bond motifs is 2. The fourth-order valence-corrected chi connectivity index (χ4v) is 3.10. The molecule has 8 nitrogen and oxygen atoms in total. The highest BCUT2D eigenvalue weighted by molar-refractivity contribution is 6.02. The summed E-state index contributed by atoms with van der Waals surface area (Å²) in [5.41, 5.74) is 1.05. The van der Waals surface area contributed by atoms with Crippen LogP contribution >= 0.6 is 0 Å². The number of carbonyl (C=O) groups is 1. The summed E-state index contributed by atoms with van der Waals surface area (Å²) in [5, 5.41) is 4.83. The standard InChI is InChI=1S/C20H16N4O4/c1-12-6-5-9-16-21-13(10-17(25)24(12)16)11-28-20(27)18-14-7-3-4-8-15(14)19(26)23(2)22-18/h3-10H,11H2,1-2H3. The lowest BCUT2D eigenvalue weighted by Crippen LogP contribution is -2.24. The van der Waals surface area contributed by atoms with Crippen LogP contribution in [0, 0.1) is 6.92 Å². The Morgan fingerprint density at radius 2 is 1.82 bits per heavy atom. The minimum atomic E-state index is -0.696. The van der Waals surface area contributed by atoms with E-state index >= 15 is 0 Å². The van der Waals surface area contributed by atoms with Crippen molar-refractivity contribution >= 4 is 22.4 Å². The van der Waals surface area contributed by atoms with Crippen molar-refractivity contribution < 1.29 is 9.53 Å². The molecule has 0 unspecified atom stereocenters. The van der Waals surface area contributed by atoms with Crippen molar-refractivity contribution in [2.45, 2.75) is 13.5 Å². The summed E-state index contributed by atoms with van der Waals surface area (Å²) in [7, 11) is 1.47. The number of aryl methyl sites for hydroxylation is 2. The molecule has 0 atom stereocenters. The molecule has 0 fully saturated rings. The number of hydrogen-bond acceptors (Lipinski definition) is 6. The van der Waals surface area contributed by atoms with Crippen molar-refractivity contribution in [3.8, 4) is 0 Å². The number of rotatable bonds is 3. The van der Waals surface area contributed by atoms with Gasteiger partial charge in [-0.2, -0.15) is 5.10 Å². The highest BCUT2D eigenvalue weighted by Crippen LogP contribution is 2.14. The minimum absolute atomic E-state index is 0.0334. The fourth-order valence-electron chi connectivity index (χ4n) is 3.10. The van der Waals surface area contributed by atoms with Gasteiger partial charge in [0.15, 0.2) is 5.69 Å². The maximum Gasteiger partial charge on any atom is 0.359 e. The second-order valence-electron chi connectivity index (χ2n) is 6.35. The number of aromatic nitrogens is 4. The van der Waals surface area contributed by atoms with Crippen LogP contribution in [0.3, 0.4) is 0 Å². The van der Waals surface area contributed by atoms with Crippen molar-refractivity contribution in [2.75, 3.05) is 0 Å². The molecular weight excluding hydrogens is 360 g/mol. The predicted octanol–water partition coefficient (Wildman–Crippen LogP) is 1.61. The summed E-state index contributed by atoms with van der Waals surface area (Å²) >= 11 is 0. The molecule has 0 amide bonds. The SMILES string of the molecule is Cc1cccc2nc(COC(=O)c3nn(C)c(=O)c4ccccc34)cc(=O)n12. The summed E-state index contributed by atoms with van der Waals surface area (Å²) in [6, 6.07) is 13.4. The first-order valence-corrected chi connectivity index (χ1v) is 8.57. The van der Waals surface area contributed by atoms with E-state index in [1.807, 2.05) is 13.0 Å². The predicted molar refractivity (Wildman–Crippen MR) is 102 cm³/mol. The maximum absolute atomic E-state index is 12.6. The summed E-state index contributed by atoms with van der Waals surface area (Å²) in [4.78, 5) is 41.5. The van der Waals surface area contributed by atoms with Gasteiger partial charge < -0.3 is 4.74 Å². The first kappa shape index (κ1) is 17.6. The number of hydrogen-bond donors (Lipinski definition) is 0. The lowest BCUT2D eigenvalue weighted by atomic mass is 10.1. The normalized spacial score (nSPS) is 11.1. The monoisotopic (exact) mass is 376 g/mol. The highest BCUT2D eigenvalue weighted by Gasteiger charge is 2.17. The van der Waals surface area contributed by atoms with E-state index in [-0.39, 0.29) is 23.4 Å². The van der Waals surface area contributed by atoms with Gasteiger partial charge in [0, 0.05) is 24.2 Å². The number of benzene rings is 1. The van der Waals surface area contributed by atoms with Crippen LogP contribution in [0.25, 0.3) is 16.4 Å². The highest BCUT2D eigenvalue weighted by atomic mass is 16.5. The third-order valence-corrected chi connectivity index (χ3v) is 4.43. The van der Waals surface area contributed by atoms with Crippen molar-refractivity contribution in [1.29, 1.82) is 0 Å². The molecule has 8 heteroatoms. The Bertz CT molecular complexity index is 1350. The average molecular weight is 376 g/mol. The van der Waals surface area contributed by atoms with Crippen LogP contribution in [0.5, 0.6) is 0 Å². The average Bonchev–Trinajstić information content (AvgIpc) is 2.69. The van der Waals surface area contributed by atoms with E-state index in [1.54, 1.807) is 36.4 Å².